The zero-order valence-electron chi connectivity index (χ0n) is 11.5. The number of hydrogen-bond donors (Lipinski definition) is 1. The van der Waals surface area contributed by atoms with Crippen molar-refractivity contribution < 1.29 is 18.0 Å². The van der Waals surface area contributed by atoms with Crippen LogP contribution >= 0.6 is 11.6 Å². The predicted molar refractivity (Wildman–Crippen MR) is 78.1 cm³/mol. The molecule has 1 aromatic rings. The van der Waals surface area contributed by atoms with E-state index in [1.54, 1.807) is 31.3 Å². The maximum atomic E-state index is 12.1. The molecule has 0 radical (unpaired) electrons. The highest BCUT2D eigenvalue weighted by molar-refractivity contribution is 7.89. The maximum Gasteiger partial charge on any atom is 0.239 e. The third kappa shape index (κ3) is 3.54. The van der Waals surface area contributed by atoms with E-state index in [1.165, 1.54) is 4.90 Å². The molecule has 1 fully saturated rings. The van der Waals surface area contributed by atoms with E-state index < -0.39 is 27.9 Å². The van der Waals surface area contributed by atoms with Crippen LogP contribution in [0.25, 0.3) is 0 Å². The van der Waals surface area contributed by atoms with Crippen LogP contribution in [-0.2, 0) is 19.6 Å². The SMILES string of the molecule is CN1C(=O)C[C@@H](C(=O)NS(C)(=O)=O)[C@H]1c1cccc(Cl)c1. The third-order valence-corrected chi connectivity index (χ3v) is 4.21. The number of amides is 2. The second kappa shape index (κ2) is 5.65. The summed E-state index contributed by atoms with van der Waals surface area (Å²) in [6.07, 6.45) is 0.870. The topological polar surface area (TPSA) is 83.6 Å². The first-order valence-electron chi connectivity index (χ1n) is 6.22. The number of rotatable bonds is 3. The summed E-state index contributed by atoms with van der Waals surface area (Å²) in [5.41, 5.74) is 0.699. The van der Waals surface area contributed by atoms with E-state index >= 15 is 0 Å². The Hall–Kier alpha value is -1.60. The van der Waals surface area contributed by atoms with E-state index in [-0.39, 0.29) is 12.3 Å². The second-order valence-corrected chi connectivity index (χ2v) is 7.24. The Balaban J connectivity index is 2.35. The summed E-state index contributed by atoms with van der Waals surface area (Å²) in [4.78, 5) is 25.4. The molecule has 1 heterocycles. The van der Waals surface area contributed by atoms with Crippen LogP contribution in [-0.4, -0.2) is 38.4 Å². The zero-order chi connectivity index (χ0) is 15.8. The van der Waals surface area contributed by atoms with Gasteiger partial charge in [0.05, 0.1) is 18.2 Å². The van der Waals surface area contributed by atoms with Crippen LogP contribution in [0.1, 0.15) is 18.0 Å². The first-order valence-corrected chi connectivity index (χ1v) is 8.49. The van der Waals surface area contributed by atoms with Gasteiger partial charge in [-0.2, -0.15) is 0 Å². The number of benzene rings is 1. The van der Waals surface area contributed by atoms with Gasteiger partial charge in [0.2, 0.25) is 21.8 Å². The quantitative estimate of drug-likeness (QED) is 0.893. The fourth-order valence-corrected chi connectivity index (χ4v) is 3.23. The fraction of sp³-hybridized carbons (Fsp3) is 0.385. The van der Waals surface area contributed by atoms with Crippen LogP contribution in [0.15, 0.2) is 24.3 Å². The summed E-state index contributed by atoms with van der Waals surface area (Å²) < 4.78 is 24.4. The van der Waals surface area contributed by atoms with E-state index in [0.29, 0.717) is 10.6 Å². The molecule has 0 saturated carbocycles. The van der Waals surface area contributed by atoms with Crippen molar-refractivity contribution in [3.8, 4) is 0 Å². The highest BCUT2D eigenvalue weighted by Crippen LogP contribution is 2.37. The largest absolute Gasteiger partial charge is 0.338 e. The average molecular weight is 331 g/mol. The van der Waals surface area contributed by atoms with Crippen molar-refractivity contribution in [2.24, 2.45) is 5.92 Å². The highest BCUT2D eigenvalue weighted by atomic mass is 35.5. The Morgan fingerprint density at radius 3 is 2.67 bits per heavy atom. The van der Waals surface area contributed by atoms with Crippen LogP contribution in [0, 0.1) is 5.92 Å². The van der Waals surface area contributed by atoms with Crippen molar-refractivity contribution in [3.05, 3.63) is 34.9 Å². The van der Waals surface area contributed by atoms with Crippen molar-refractivity contribution in [3.63, 3.8) is 0 Å². The minimum absolute atomic E-state index is 0.0327. The lowest BCUT2D eigenvalue weighted by molar-refractivity contribution is -0.128. The summed E-state index contributed by atoms with van der Waals surface area (Å²) in [5, 5.41) is 0.488. The van der Waals surface area contributed by atoms with Crippen molar-refractivity contribution in [2.75, 3.05) is 13.3 Å². The van der Waals surface area contributed by atoms with Crippen LogP contribution in [0.3, 0.4) is 0 Å². The smallest absolute Gasteiger partial charge is 0.239 e. The van der Waals surface area contributed by atoms with Crippen molar-refractivity contribution in [1.82, 2.24) is 9.62 Å². The minimum atomic E-state index is -3.66. The van der Waals surface area contributed by atoms with Gasteiger partial charge in [0.25, 0.3) is 0 Å². The van der Waals surface area contributed by atoms with Crippen molar-refractivity contribution >= 4 is 33.4 Å². The van der Waals surface area contributed by atoms with Gasteiger partial charge in [-0.15, -0.1) is 0 Å². The third-order valence-electron chi connectivity index (χ3n) is 3.40. The molecule has 6 nitrogen and oxygen atoms in total. The van der Waals surface area contributed by atoms with E-state index in [9.17, 15) is 18.0 Å². The summed E-state index contributed by atoms with van der Waals surface area (Å²) in [6.45, 7) is 0. The molecule has 0 bridgehead atoms. The van der Waals surface area contributed by atoms with Crippen molar-refractivity contribution in [2.45, 2.75) is 12.5 Å². The molecule has 0 aliphatic carbocycles. The summed E-state index contributed by atoms with van der Waals surface area (Å²) in [5.74, 6) is -1.66. The van der Waals surface area contributed by atoms with E-state index in [1.807, 2.05) is 4.72 Å². The Morgan fingerprint density at radius 2 is 2.10 bits per heavy atom. The number of halogens is 1. The molecule has 1 N–H and O–H groups in total. The van der Waals surface area contributed by atoms with Gasteiger partial charge in [-0.1, -0.05) is 23.7 Å². The van der Waals surface area contributed by atoms with Gasteiger partial charge in [-0.05, 0) is 17.7 Å². The standard InChI is InChI=1S/C13H15ClN2O4S/c1-16-11(17)7-10(13(18)15-21(2,19)20)12(16)8-4-3-5-9(14)6-8/h3-6,10,12H,7H2,1-2H3,(H,15,18)/t10-,12-/m1/s1. The molecule has 8 heteroatoms. The van der Waals surface area contributed by atoms with Gasteiger partial charge in [-0.3, -0.25) is 14.3 Å². The van der Waals surface area contributed by atoms with Crippen LogP contribution in [0.4, 0.5) is 0 Å². The molecule has 2 rings (SSSR count). The normalized spacial score (nSPS) is 22.4. The number of nitrogens with zero attached hydrogens (tertiary/aromatic N) is 1. The molecule has 0 unspecified atom stereocenters. The van der Waals surface area contributed by atoms with Gasteiger partial charge in [0, 0.05) is 18.5 Å². The van der Waals surface area contributed by atoms with Crippen molar-refractivity contribution in [1.29, 1.82) is 0 Å². The molecule has 0 spiro atoms. The Labute approximate surface area is 128 Å². The van der Waals surface area contributed by atoms with Gasteiger partial charge in [-0.25, -0.2) is 8.42 Å². The lowest BCUT2D eigenvalue weighted by atomic mass is 9.93. The van der Waals surface area contributed by atoms with Gasteiger partial charge < -0.3 is 4.90 Å². The Kier molecular flexibility index (Phi) is 4.25. The molecule has 1 aliphatic heterocycles. The summed E-state index contributed by atoms with van der Waals surface area (Å²) >= 11 is 5.94. The Morgan fingerprint density at radius 1 is 1.43 bits per heavy atom. The number of sulfonamides is 1. The lowest BCUT2D eigenvalue weighted by Crippen LogP contribution is -2.37. The molecule has 2 atom stereocenters. The summed E-state index contributed by atoms with van der Waals surface area (Å²) in [6, 6.07) is 6.31. The van der Waals surface area contributed by atoms with E-state index in [2.05, 4.69) is 0 Å². The number of carbonyl (C=O) groups is 2. The van der Waals surface area contributed by atoms with Gasteiger partial charge in [0.1, 0.15) is 0 Å². The van der Waals surface area contributed by atoms with Crippen LogP contribution < -0.4 is 4.72 Å². The molecule has 1 aromatic carbocycles. The van der Waals surface area contributed by atoms with E-state index in [0.717, 1.165) is 6.26 Å². The number of likely N-dealkylation sites (tertiary alicyclic amines) is 1. The molecule has 21 heavy (non-hydrogen) atoms. The molecule has 114 valence electrons. The molecular weight excluding hydrogens is 316 g/mol. The average Bonchev–Trinajstić information content (AvgIpc) is 2.64. The van der Waals surface area contributed by atoms with Crippen LogP contribution in [0.5, 0.6) is 0 Å². The molecule has 2 amide bonds. The molecule has 1 aliphatic rings. The monoisotopic (exact) mass is 330 g/mol. The Bertz CT molecular complexity index is 689. The summed E-state index contributed by atoms with van der Waals surface area (Å²) in [7, 11) is -2.08. The molecular formula is C13H15ClN2O4S. The number of nitrogens with one attached hydrogen (secondary N) is 1. The lowest BCUT2D eigenvalue weighted by Gasteiger charge is -2.24. The van der Waals surface area contributed by atoms with Gasteiger partial charge >= 0.3 is 0 Å². The zero-order valence-corrected chi connectivity index (χ0v) is 13.1. The number of carbonyl (C=O) groups excluding carboxylic acids is 2. The number of hydrogen-bond acceptors (Lipinski definition) is 4. The first-order chi connectivity index (χ1) is 9.69. The molecule has 1 saturated heterocycles. The second-order valence-electron chi connectivity index (χ2n) is 5.05. The first kappa shape index (κ1) is 15.8. The fourth-order valence-electron chi connectivity index (χ4n) is 2.51. The highest BCUT2D eigenvalue weighted by Gasteiger charge is 2.43. The van der Waals surface area contributed by atoms with E-state index in [4.69, 9.17) is 11.6 Å². The van der Waals surface area contributed by atoms with Gasteiger partial charge in [0.15, 0.2) is 0 Å². The maximum absolute atomic E-state index is 12.1. The minimum Gasteiger partial charge on any atom is -0.338 e. The predicted octanol–water partition coefficient (Wildman–Crippen LogP) is 0.935. The van der Waals surface area contributed by atoms with Crippen LogP contribution in [0.2, 0.25) is 5.02 Å². The molecule has 0 aromatic heterocycles.